The minimum atomic E-state index is -1.40. The molecule has 0 aliphatic heterocycles. The van der Waals surface area contributed by atoms with E-state index in [1.165, 1.54) is 42.5 Å². The molecule has 0 aromatic heterocycles. The lowest BCUT2D eigenvalue weighted by molar-refractivity contribution is -0.385. The van der Waals surface area contributed by atoms with Gasteiger partial charge >= 0.3 is 11.9 Å². The van der Waals surface area contributed by atoms with Crippen LogP contribution in [0, 0.1) is 20.2 Å². The molecule has 2 aromatic rings. The number of nitrogens with zero attached hydrogens (tertiary/aromatic N) is 2. The molecular formula is C20H19N3O9. The summed E-state index contributed by atoms with van der Waals surface area (Å²) in [7, 11) is 2.23. The highest BCUT2D eigenvalue weighted by atomic mass is 16.6. The number of hydrogen-bond acceptors (Lipinski definition) is 9. The Morgan fingerprint density at radius 2 is 1.56 bits per heavy atom. The topological polar surface area (TPSA) is 168 Å². The van der Waals surface area contributed by atoms with Crippen LogP contribution in [0.3, 0.4) is 0 Å². The van der Waals surface area contributed by atoms with Crippen LogP contribution in [0.15, 0.2) is 48.5 Å². The van der Waals surface area contributed by atoms with Gasteiger partial charge < -0.3 is 14.8 Å². The molecule has 32 heavy (non-hydrogen) atoms. The SMILES string of the molecule is COC(=O)C[C@@H](c1ccc([N+](=O)[O-])cc1)[C@@H](NC(=O)c1cccc([N+](=O)[O-])c1)C(=O)OC. The van der Waals surface area contributed by atoms with Gasteiger partial charge in [-0.25, -0.2) is 4.79 Å². The molecule has 1 N–H and O–H groups in total. The fourth-order valence-corrected chi connectivity index (χ4v) is 2.97. The van der Waals surface area contributed by atoms with Gasteiger partial charge in [0.05, 0.1) is 30.5 Å². The van der Waals surface area contributed by atoms with Crippen LogP contribution in [-0.4, -0.2) is 48.0 Å². The van der Waals surface area contributed by atoms with Crippen LogP contribution in [0.2, 0.25) is 0 Å². The van der Waals surface area contributed by atoms with Gasteiger partial charge in [-0.05, 0) is 11.6 Å². The monoisotopic (exact) mass is 445 g/mol. The van der Waals surface area contributed by atoms with E-state index >= 15 is 0 Å². The van der Waals surface area contributed by atoms with Crippen molar-refractivity contribution in [3.05, 3.63) is 79.9 Å². The van der Waals surface area contributed by atoms with Crippen molar-refractivity contribution in [3.63, 3.8) is 0 Å². The second kappa shape index (κ2) is 10.6. The number of hydrogen-bond donors (Lipinski definition) is 1. The molecule has 2 rings (SSSR count). The van der Waals surface area contributed by atoms with Gasteiger partial charge in [0.2, 0.25) is 0 Å². The third-order valence-corrected chi connectivity index (χ3v) is 4.61. The summed E-state index contributed by atoms with van der Waals surface area (Å²) >= 11 is 0. The minimum Gasteiger partial charge on any atom is -0.469 e. The summed E-state index contributed by atoms with van der Waals surface area (Å²) in [5.74, 6) is -3.41. The minimum absolute atomic E-state index is 0.0892. The van der Waals surface area contributed by atoms with Crippen LogP contribution in [0.1, 0.15) is 28.3 Å². The molecule has 0 unspecified atom stereocenters. The lowest BCUT2D eigenvalue weighted by Gasteiger charge is -2.26. The van der Waals surface area contributed by atoms with Crippen molar-refractivity contribution in [3.8, 4) is 0 Å². The highest BCUT2D eigenvalue weighted by Gasteiger charge is 2.34. The molecule has 12 heteroatoms. The maximum absolute atomic E-state index is 12.7. The van der Waals surface area contributed by atoms with Gasteiger partial charge in [-0.1, -0.05) is 18.2 Å². The van der Waals surface area contributed by atoms with Crippen molar-refractivity contribution in [1.82, 2.24) is 5.32 Å². The summed E-state index contributed by atoms with van der Waals surface area (Å²) in [5.41, 5.74) is -0.293. The summed E-state index contributed by atoms with van der Waals surface area (Å²) in [6, 6.07) is 8.54. The van der Waals surface area contributed by atoms with E-state index in [4.69, 9.17) is 4.74 Å². The Labute approximate surface area is 181 Å². The van der Waals surface area contributed by atoms with Gasteiger partial charge in [-0.15, -0.1) is 0 Å². The number of esters is 2. The zero-order valence-corrected chi connectivity index (χ0v) is 17.0. The van der Waals surface area contributed by atoms with Crippen molar-refractivity contribution in [1.29, 1.82) is 0 Å². The molecule has 0 aliphatic carbocycles. The Kier molecular flexibility index (Phi) is 7.93. The lowest BCUT2D eigenvalue weighted by atomic mass is 9.88. The first-order chi connectivity index (χ1) is 15.2. The third-order valence-electron chi connectivity index (χ3n) is 4.61. The average Bonchev–Trinajstić information content (AvgIpc) is 2.80. The second-order valence-electron chi connectivity index (χ2n) is 6.52. The van der Waals surface area contributed by atoms with Crippen LogP contribution < -0.4 is 5.32 Å². The number of nitro benzene ring substituents is 2. The molecule has 1 amide bonds. The molecule has 0 bridgehead atoms. The fourth-order valence-electron chi connectivity index (χ4n) is 2.97. The molecule has 0 fully saturated rings. The number of benzene rings is 2. The smallest absolute Gasteiger partial charge is 0.329 e. The fraction of sp³-hybridized carbons (Fsp3) is 0.250. The Bertz CT molecular complexity index is 1040. The summed E-state index contributed by atoms with van der Waals surface area (Å²) in [6.07, 6.45) is -0.358. The van der Waals surface area contributed by atoms with Gasteiger partial charge in [0.1, 0.15) is 6.04 Å². The predicted octanol–water partition coefficient (Wildman–Crippen LogP) is 2.12. The zero-order chi connectivity index (χ0) is 23.8. The molecule has 0 radical (unpaired) electrons. The van der Waals surface area contributed by atoms with E-state index in [9.17, 15) is 34.6 Å². The number of nitro groups is 2. The largest absolute Gasteiger partial charge is 0.469 e. The quantitative estimate of drug-likeness (QED) is 0.345. The molecule has 0 aliphatic rings. The third kappa shape index (κ3) is 5.84. The maximum atomic E-state index is 12.7. The zero-order valence-electron chi connectivity index (χ0n) is 17.0. The summed E-state index contributed by atoms with van der Waals surface area (Å²) < 4.78 is 9.44. The molecule has 12 nitrogen and oxygen atoms in total. The van der Waals surface area contributed by atoms with E-state index in [1.807, 2.05) is 0 Å². The van der Waals surface area contributed by atoms with Gasteiger partial charge in [0, 0.05) is 35.7 Å². The first-order valence-corrected chi connectivity index (χ1v) is 9.12. The van der Waals surface area contributed by atoms with Crippen molar-refractivity contribution in [2.75, 3.05) is 14.2 Å². The molecule has 0 spiro atoms. The number of non-ortho nitro benzene ring substituents is 2. The Balaban J connectivity index is 2.44. The van der Waals surface area contributed by atoms with E-state index in [-0.39, 0.29) is 23.4 Å². The Hall–Kier alpha value is -4.35. The molecule has 0 heterocycles. The summed E-state index contributed by atoms with van der Waals surface area (Å²) in [4.78, 5) is 57.9. The molecule has 0 saturated heterocycles. The number of carbonyl (C=O) groups is 3. The van der Waals surface area contributed by atoms with E-state index in [0.29, 0.717) is 5.56 Å². The van der Waals surface area contributed by atoms with Crippen molar-refractivity contribution in [2.45, 2.75) is 18.4 Å². The predicted molar refractivity (Wildman–Crippen MR) is 109 cm³/mol. The van der Waals surface area contributed by atoms with E-state index in [1.54, 1.807) is 0 Å². The van der Waals surface area contributed by atoms with Crippen molar-refractivity contribution < 1.29 is 33.7 Å². The maximum Gasteiger partial charge on any atom is 0.329 e. The Morgan fingerprint density at radius 3 is 2.09 bits per heavy atom. The average molecular weight is 445 g/mol. The van der Waals surface area contributed by atoms with Crippen LogP contribution >= 0.6 is 0 Å². The van der Waals surface area contributed by atoms with Gasteiger partial charge in [0.25, 0.3) is 17.3 Å². The first-order valence-electron chi connectivity index (χ1n) is 9.12. The van der Waals surface area contributed by atoms with Gasteiger partial charge in [-0.3, -0.25) is 29.8 Å². The number of methoxy groups -OCH3 is 2. The van der Waals surface area contributed by atoms with E-state index < -0.39 is 39.7 Å². The van der Waals surface area contributed by atoms with Crippen molar-refractivity contribution in [2.24, 2.45) is 0 Å². The molecule has 168 valence electrons. The number of amides is 1. The summed E-state index contributed by atoms with van der Waals surface area (Å²) in [5, 5.41) is 24.3. The van der Waals surface area contributed by atoms with Gasteiger partial charge in [0.15, 0.2) is 0 Å². The number of rotatable bonds is 9. The molecule has 2 atom stereocenters. The van der Waals surface area contributed by atoms with Crippen LogP contribution in [0.5, 0.6) is 0 Å². The van der Waals surface area contributed by atoms with E-state index in [2.05, 4.69) is 10.1 Å². The van der Waals surface area contributed by atoms with Crippen LogP contribution in [0.4, 0.5) is 11.4 Å². The highest BCUT2D eigenvalue weighted by Crippen LogP contribution is 2.27. The molecule has 0 saturated carbocycles. The number of nitrogens with one attached hydrogen (secondary N) is 1. The number of ether oxygens (including phenoxy) is 2. The Morgan fingerprint density at radius 1 is 0.938 bits per heavy atom. The lowest BCUT2D eigenvalue weighted by Crippen LogP contribution is -2.46. The highest BCUT2D eigenvalue weighted by molar-refractivity contribution is 5.97. The molecular weight excluding hydrogens is 426 g/mol. The van der Waals surface area contributed by atoms with E-state index in [0.717, 1.165) is 20.3 Å². The second-order valence-corrected chi connectivity index (χ2v) is 6.52. The normalized spacial score (nSPS) is 12.2. The first kappa shape index (κ1) is 23.9. The standard InChI is InChI=1S/C20H19N3O9/c1-31-17(24)11-16(12-6-8-14(9-7-12)22(27)28)18(20(26)32-2)21-19(25)13-4-3-5-15(10-13)23(29)30/h3-10,16,18H,11H2,1-2H3,(H,21,25)/t16-,18+/m0/s1. The summed E-state index contributed by atoms with van der Waals surface area (Å²) in [6.45, 7) is 0. The van der Waals surface area contributed by atoms with Gasteiger partial charge in [-0.2, -0.15) is 0 Å². The van der Waals surface area contributed by atoms with Crippen LogP contribution in [-0.2, 0) is 19.1 Å². The number of carbonyl (C=O) groups excluding carboxylic acids is 3. The van der Waals surface area contributed by atoms with Crippen LogP contribution in [0.25, 0.3) is 0 Å². The van der Waals surface area contributed by atoms with Crippen molar-refractivity contribution >= 4 is 29.2 Å². The molecule has 2 aromatic carbocycles.